The van der Waals surface area contributed by atoms with Gasteiger partial charge in [-0.2, -0.15) is 0 Å². The van der Waals surface area contributed by atoms with Crippen LogP contribution in [0.3, 0.4) is 0 Å². The third-order valence-corrected chi connectivity index (χ3v) is 3.68. The van der Waals surface area contributed by atoms with Gasteiger partial charge in [0.15, 0.2) is 0 Å². The van der Waals surface area contributed by atoms with E-state index in [0.717, 1.165) is 12.3 Å². The lowest BCUT2D eigenvalue weighted by atomic mass is 9.80. The van der Waals surface area contributed by atoms with Crippen molar-refractivity contribution in [2.45, 2.75) is 45.1 Å². The highest BCUT2D eigenvalue weighted by atomic mass is 15.2. The summed E-state index contributed by atoms with van der Waals surface area (Å²) < 4.78 is 0. The lowest BCUT2D eigenvalue weighted by molar-refractivity contribution is 0.259. The van der Waals surface area contributed by atoms with Crippen LogP contribution in [0, 0.1) is 12.8 Å². The molecule has 0 aromatic heterocycles. The van der Waals surface area contributed by atoms with Crippen molar-refractivity contribution in [2.24, 2.45) is 11.8 Å². The van der Waals surface area contributed by atoms with Crippen LogP contribution in [0.5, 0.6) is 0 Å². The fraction of sp³-hybridized carbons (Fsp3) is 0.571. The minimum absolute atomic E-state index is 0.438. The van der Waals surface area contributed by atoms with Gasteiger partial charge in [-0.1, -0.05) is 49.1 Å². The first kappa shape index (κ1) is 11.6. The Morgan fingerprint density at radius 1 is 1.31 bits per heavy atom. The third kappa shape index (κ3) is 3.06. The zero-order valence-electron chi connectivity index (χ0n) is 10.1. The highest BCUT2D eigenvalue weighted by Crippen LogP contribution is 2.30. The summed E-state index contributed by atoms with van der Waals surface area (Å²) in [5, 5.41) is 0. The van der Waals surface area contributed by atoms with E-state index in [1.165, 1.54) is 36.8 Å². The summed E-state index contributed by atoms with van der Waals surface area (Å²) in [6.45, 7) is 2.12. The Balaban J connectivity index is 1.87. The number of hydrazine groups is 1. The summed E-state index contributed by atoms with van der Waals surface area (Å²) in [6.07, 6.45) is 6.47. The molecule has 1 fully saturated rings. The monoisotopic (exact) mass is 218 g/mol. The zero-order valence-corrected chi connectivity index (χ0v) is 10.1. The Bertz CT molecular complexity index is 314. The van der Waals surface area contributed by atoms with Crippen molar-refractivity contribution < 1.29 is 0 Å². The van der Waals surface area contributed by atoms with Crippen LogP contribution in [0.4, 0.5) is 0 Å². The standard InChI is InChI=1S/C14H22N2/c1-11-5-7-13(8-6-11)10-14(16-15)9-12-3-2-4-12/h5-8,12,14,16H,2-4,9-10,15H2,1H3. The quantitative estimate of drug-likeness (QED) is 0.589. The third-order valence-electron chi connectivity index (χ3n) is 3.68. The summed E-state index contributed by atoms with van der Waals surface area (Å²) in [5.41, 5.74) is 5.67. The van der Waals surface area contributed by atoms with E-state index in [2.05, 4.69) is 36.6 Å². The van der Waals surface area contributed by atoms with E-state index in [0.29, 0.717) is 6.04 Å². The molecule has 1 aliphatic carbocycles. The summed E-state index contributed by atoms with van der Waals surface area (Å²) in [6, 6.07) is 9.20. The first-order valence-electron chi connectivity index (χ1n) is 6.29. The average molecular weight is 218 g/mol. The van der Waals surface area contributed by atoms with Crippen LogP contribution >= 0.6 is 0 Å². The van der Waals surface area contributed by atoms with Gasteiger partial charge < -0.3 is 0 Å². The van der Waals surface area contributed by atoms with Gasteiger partial charge in [0.25, 0.3) is 0 Å². The van der Waals surface area contributed by atoms with Crippen LogP contribution < -0.4 is 11.3 Å². The molecule has 0 aliphatic heterocycles. The number of hydrogen-bond acceptors (Lipinski definition) is 2. The molecule has 0 bridgehead atoms. The summed E-state index contributed by atoms with van der Waals surface area (Å²) >= 11 is 0. The molecular weight excluding hydrogens is 196 g/mol. The molecule has 1 unspecified atom stereocenters. The molecule has 1 aliphatic rings. The van der Waals surface area contributed by atoms with E-state index >= 15 is 0 Å². The van der Waals surface area contributed by atoms with Crippen LogP contribution in [0.25, 0.3) is 0 Å². The van der Waals surface area contributed by atoms with Gasteiger partial charge in [-0.05, 0) is 31.2 Å². The molecule has 0 spiro atoms. The van der Waals surface area contributed by atoms with Gasteiger partial charge in [-0.25, -0.2) is 0 Å². The summed E-state index contributed by atoms with van der Waals surface area (Å²) in [7, 11) is 0. The van der Waals surface area contributed by atoms with Crippen molar-refractivity contribution in [3.05, 3.63) is 35.4 Å². The second-order valence-electron chi connectivity index (χ2n) is 5.09. The molecule has 1 aromatic rings. The van der Waals surface area contributed by atoms with Gasteiger partial charge >= 0.3 is 0 Å². The number of aryl methyl sites for hydroxylation is 1. The lowest BCUT2D eigenvalue weighted by Gasteiger charge is -2.29. The smallest absolute Gasteiger partial charge is 0.0253 e. The van der Waals surface area contributed by atoms with E-state index in [4.69, 9.17) is 5.84 Å². The van der Waals surface area contributed by atoms with E-state index in [1.807, 2.05) is 0 Å². The van der Waals surface area contributed by atoms with Crippen LogP contribution in [0.1, 0.15) is 36.8 Å². The number of nitrogens with two attached hydrogens (primary N) is 1. The van der Waals surface area contributed by atoms with Crippen molar-refractivity contribution in [3.8, 4) is 0 Å². The Kier molecular flexibility index (Phi) is 3.97. The van der Waals surface area contributed by atoms with E-state index in [9.17, 15) is 0 Å². The maximum absolute atomic E-state index is 5.63. The Hall–Kier alpha value is -0.860. The van der Waals surface area contributed by atoms with Gasteiger partial charge in [-0.3, -0.25) is 11.3 Å². The molecule has 1 atom stereocenters. The predicted molar refractivity (Wildman–Crippen MR) is 68.0 cm³/mol. The van der Waals surface area contributed by atoms with E-state index < -0.39 is 0 Å². The highest BCUT2D eigenvalue weighted by Gasteiger charge is 2.21. The van der Waals surface area contributed by atoms with Gasteiger partial charge in [0.05, 0.1) is 0 Å². The Morgan fingerprint density at radius 3 is 2.50 bits per heavy atom. The first-order chi connectivity index (χ1) is 7.78. The minimum Gasteiger partial charge on any atom is -0.271 e. The Labute approximate surface area is 98.2 Å². The topological polar surface area (TPSA) is 38.0 Å². The minimum atomic E-state index is 0.438. The molecular formula is C14H22N2. The van der Waals surface area contributed by atoms with Gasteiger partial charge in [0.2, 0.25) is 0 Å². The van der Waals surface area contributed by atoms with Crippen LogP contribution in [0.2, 0.25) is 0 Å². The maximum Gasteiger partial charge on any atom is 0.0253 e. The zero-order chi connectivity index (χ0) is 11.4. The number of nitrogens with one attached hydrogen (secondary N) is 1. The molecule has 1 aromatic carbocycles. The Morgan fingerprint density at radius 2 is 2.00 bits per heavy atom. The van der Waals surface area contributed by atoms with Crippen LogP contribution in [0.15, 0.2) is 24.3 Å². The molecule has 2 rings (SSSR count). The lowest BCUT2D eigenvalue weighted by Crippen LogP contribution is -2.39. The number of rotatable bonds is 5. The normalized spacial score (nSPS) is 18.1. The predicted octanol–water partition coefficient (Wildman–Crippen LogP) is 2.56. The number of hydrogen-bond donors (Lipinski definition) is 2. The SMILES string of the molecule is Cc1ccc(CC(CC2CCC2)NN)cc1. The second kappa shape index (κ2) is 5.46. The molecule has 0 heterocycles. The van der Waals surface area contributed by atoms with Crippen LogP contribution in [-0.2, 0) is 6.42 Å². The second-order valence-corrected chi connectivity index (χ2v) is 5.09. The molecule has 1 saturated carbocycles. The van der Waals surface area contributed by atoms with Crippen molar-refractivity contribution in [3.63, 3.8) is 0 Å². The molecule has 2 heteroatoms. The van der Waals surface area contributed by atoms with Crippen molar-refractivity contribution in [1.29, 1.82) is 0 Å². The van der Waals surface area contributed by atoms with Gasteiger partial charge in [-0.15, -0.1) is 0 Å². The van der Waals surface area contributed by atoms with Crippen LogP contribution in [-0.4, -0.2) is 6.04 Å². The van der Waals surface area contributed by atoms with Gasteiger partial charge in [0, 0.05) is 6.04 Å². The average Bonchev–Trinajstić information content (AvgIpc) is 2.24. The molecule has 0 amide bonds. The summed E-state index contributed by atoms with van der Waals surface area (Å²) in [5.74, 6) is 6.54. The molecule has 16 heavy (non-hydrogen) atoms. The maximum atomic E-state index is 5.63. The van der Waals surface area contributed by atoms with Crippen molar-refractivity contribution in [2.75, 3.05) is 0 Å². The highest BCUT2D eigenvalue weighted by molar-refractivity contribution is 5.22. The molecule has 88 valence electrons. The molecule has 0 saturated heterocycles. The van der Waals surface area contributed by atoms with Crippen molar-refractivity contribution in [1.82, 2.24) is 5.43 Å². The largest absolute Gasteiger partial charge is 0.271 e. The van der Waals surface area contributed by atoms with Crippen molar-refractivity contribution >= 4 is 0 Å². The number of benzene rings is 1. The fourth-order valence-electron chi connectivity index (χ4n) is 2.35. The molecule has 0 radical (unpaired) electrons. The molecule has 2 nitrogen and oxygen atoms in total. The van der Waals surface area contributed by atoms with Gasteiger partial charge in [0.1, 0.15) is 0 Å². The summed E-state index contributed by atoms with van der Waals surface area (Å²) in [4.78, 5) is 0. The fourth-order valence-corrected chi connectivity index (χ4v) is 2.35. The molecule has 3 N–H and O–H groups in total. The van der Waals surface area contributed by atoms with E-state index in [1.54, 1.807) is 0 Å². The van der Waals surface area contributed by atoms with E-state index in [-0.39, 0.29) is 0 Å². The first-order valence-corrected chi connectivity index (χ1v) is 6.29.